The highest BCUT2D eigenvalue weighted by Crippen LogP contribution is 2.32. The molecule has 2 fully saturated rings. The predicted octanol–water partition coefficient (Wildman–Crippen LogP) is 3.16. The summed E-state index contributed by atoms with van der Waals surface area (Å²) in [7, 11) is 1.68. The van der Waals surface area contributed by atoms with E-state index in [1.807, 2.05) is 12.1 Å². The number of ether oxygens (including phenoxy) is 3. The summed E-state index contributed by atoms with van der Waals surface area (Å²) in [5.74, 6) is 0.571. The van der Waals surface area contributed by atoms with Crippen molar-refractivity contribution in [1.29, 1.82) is 0 Å². The Labute approximate surface area is 146 Å². The van der Waals surface area contributed by atoms with Crippen molar-refractivity contribution in [3.05, 3.63) is 35.3 Å². The lowest BCUT2D eigenvalue weighted by atomic mass is 10.0. The highest BCUT2D eigenvalue weighted by Gasteiger charge is 2.39. The molecule has 1 aromatic heterocycles. The Balaban J connectivity index is 1.37. The van der Waals surface area contributed by atoms with Crippen molar-refractivity contribution in [2.45, 2.75) is 25.2 Å². The summed E-state index contributed by atoms with van der Waals surface area (Å²) in [6.07, 6.45) is 1.89. The van der Waals surface area contributed by atoms with Crippen molar-refractivity contribution in [2.24, 2.45) is 0 Å². The number of hydrogen-bond acceptors (Lipinski definition) is 6. The summed E-state index contributed by atoms with van der Waals surface area (Å²) in [5.41, 5.74) is 2.27. The maximum atomic E-state index is 5.79. The van der Waals surface area contributed by atoms with Gasteiger partial charge >= 0.3 is 0 Å². The highest BCUT2D eigenvalue weighted by atomic mass is 32.1. The number of likely N-dealkylation sites (tertiary alicyclic amines) is 1. The maximum absolute atomic E-state index is 5.79. The lowest BCUT2D eigenvalue weighted by Gasteiger charge is -2.37. The van der Waals surface area contributed by atoms with Gasteiger partial charge in [0, 0.05) is 43.4 Å². The lowest BCUT2D eigenvalue weighted by Crippen LogP contribution is -2.44. The minimum Gasteiger partial charge on any atom is -0.497 e. The third-order valence-corrected chi connectivity index (χ3v) is 5.65. The molecule has 2 aromatic rings. The van der Waals surface area contributed by atoms with E-state index in [4.69, 9.17) is 19.2 Å². The quantitative estimate of drug-likeness (QED) is 0.851. The Kier molecular flexibility index (Phi) is 4.54. The van der Waals surface area contributed by atoms with Crippen LogP contribution in [0.2, 0.25) is 0 Å². The number of rotatable bonds is 4. The molecule has 4 rings (SSSR count). The van der Waals surface area contributed by atoms with Gasteiger partial charge in [0.1, 0.15) is 10.8 Å². The fourth-order valence-corrected chi connectivity index (χ4v) is 4.13. The molecular formula is C18H22N2O3S. The number of methoxy groups -OCH3 is 1. The van der Waals surface area contributed by atoms with Crippen LogP contribution in [0.1, 0.15) is 18.5 Å². The molecule has 1 spiro atoms. The molecule has 0 N–H and O–H groups in total. The summed E-state index contributed by atoms with van der Waals surface area (Å²) in [6, 6.07) is 8.06. The van der Waals surface area contributed by atoms with Crippen LogP contribution < -0.4 is 4.74 Å². The Hall–Kier alpha value is -1.47. The van der Waals surface area contributed by atoms with Crippen LogP contribution in [-0.4, -0.2) is 49.1 Å². The molecule has 0 bridgehead atoms. The molecule has 128 valence electrons. The minimum atomic E-state index is -0.299. The molecule has 5 nitrogen and oxygen atoms in total. The van der Waals surface area contributed by atoms with Gasteiger partial charge in [-0.05, 0) is 24.3 Å². The zero-order valence-electron chi connectivity index (χ0n) is 13.9. The van der Waals surface area contributed by atoms with E-state index in [1.165, 1.54) is 0 Å². The van der Waals surface area contributed by atoms with Crippen molar-refractivity contribution in [2.75, 3.05) is 33.4 Å². The second kappa shape index (κ2) is 6.80. The number of nitrogens with zero attached hydrogens (tertiary/aromatic N) is 2. The van der Waals surface area contributed by atoms with E-state index in [1.54, 1.807) is 18.4 Å². The SMILES string of the molecule is COc1ccc(-c2nc(CN3CCC4(CC3)OCCO4)cs2)cc1. The van der Waals surface area contributed by atoms with Gasteiger partial charge in [0.05, 0.1) is 26.0 Å². The monoisotopic (exact) mass is 346 g/mol. The normalized spacial score (nSPS) is 20.5. The largest absolute Gasteiger partial charge is 0.497 e. The first-order chi connectivity index (χ1) is 11.8. The van der Waals surface area contributed by atoms with Crippen molar-refractivity contribution in [3.63, 3.8) is 0 Å². The van der Waals surface area contributed by atoms with Gasteiger partial charge < -0.3 is 14.2 Å². The second-order valence-corrected chi connectivity index (χ2v) is 7.11. The smallest absolute Gasteiger partial charge is 0.170 e. The second-order valence-electron chi connectivity index (χ2n) is 6.26. The van der Waals surface area contributed by atoms with Crippen LogP contribution in [0.25, 0.3) is 10.6 Å². The number of aromatic nitrogens is 1. The van der Waals surface area contributed by atoms with E-state index in [2.05, 4.69) is 22.4 Å². The molecular weight excluding hydrogens is 324 g/mol. The molecule has 0 amide bonds. The molecule has 2 aliphatic heterocycles. The minimum absolute atomic E-state index is 0.299. The van der Waals surface area contributed by atoms with E-state index in [0.29, 0.717) is 0 Å². The first kappa shape index (κ1) is 16.0. The van der Waals surface area contributed by atoms with E-state index in [0.717, 1.165) is 67.7 Å². The number of hydrogen-bond donors (Lipinski definition) is 0. The third-order valence-electron chi connectivity index (χ3n) is 4.71. The average molecular weight is 346 g/mol. The molecule has 6 heteroatoms. The van der Waals surface area contributed by atoms with E-state index < -0.39 is 0 Å². The average Bonchev–Trinajstić information content (AvgIpc) is 3.27. The summed E-state index contributed by atoms with van der Waals surface area (Å²) < 4.78 is 16.8. The molecule has 2 saturated heterocycles. The summed E-state index contributed by atoms with van der Waals surface area (Å²) in [6.45, 7) is 4.35. The van der Waals surface area contributed by atoms with Crippen molar-refractivity contribution < 1.29 is 14.2 Å². The molecule has 0 atom stereocenters. The summed E-state index contributed by atoms with van der Waals surface area (Å²) >= 11 is 1.70. The fraction of sp³-hybridized carbons (Fsp3) is 0.500. The Morgan fingerprint density at radius 1 is 1.17 bits per heavy atom. The predicted molar refractivity (Wildman–Crippen MR) is 93.2 cm³/mol. The molecule has 0 aliphatic carbocycles. The molecule has 1 aromatic carbocycles. The van der Waals surface area contributed by atoms with Crippen molar-refractivity contribution >= 4 is 11.3 Å². The van der Waals surface area contributed by atoms with Crippen LogP contribution in [0, 0.1) is 0 Å². The molecule has 0 radical (unpaired) electrons. The van der Waals surface area contributed by atoms with Gasteiger partial charge in [0.2, 0.25) is 0 Å². The van der Waals surface area contributed by atoms with Crippen LogP contribution in [0.15, 0.2) is 29.6 Å². The van der Waals surface area contributed by atoms with Gasteiger partial charge in [-0.2, -0.15) is 0 Å². The topological polar surface area (TPSA) is 43.8 Å². The van der Waals surface area contributed by atoms with Crippen molar-refractivity contribution in [3.8, 4) is 16.3 Å². The Morgan fingerprint density at radius 3 is 2.54 bits per heavy atom. The lowest BCUT2D eigenvalue weighted by molar-refractivity contribution is -0.185. The van der Waals surface area contributed by atoms with Gasteiger partial charge in [-0.3, -0.25) is 4.90 Å². The summed E-state index contributed by atoms with van der Waals surface area (Å²) in [4.78, 5) is 7.23. The van der Waals surface area contributed by atoms with Gasteiger partial charge in [-0.15, -0.1) is 11.3 Å². The molecule has 0 saturated carbocycles. The number of piperidine rings is 1. The third kappa shape index (κ3) is 3.32. The van der Waals surface area contributed by atoms with Crippen LogP contribution >= 0.6 is 11.3 Å². The molecule has 24 heavy (non-hydrogen) atoms. The Morgan fingerprint density at radius 2 is 1.88 bits per heavy atom. The van der Waals surface area contributed by atoms with E-state index in [9.17, 15) is 0 Å². The standard InChI is InChI=1S/C18H22N2O3S/c1-21-16-4-2-14(3-5-16)17-19-15(13-24-17)12-20-8-6-18(7-9-20)22-10-11-23-18/h2-5,13H,6-12H2,1H3. The van der Waals surface area contributed by atoms with Gasteiger partial charge in [-0.25, -0.2) is 4.98 Å². The zero-order chi connectivity index (χ0) is 16.4. The van der Waals surface area contributed by atoms with E-state index >= 15 is 0 Å². The highest BCUT2D eigenvalue weighted by molar-refractivity contribution is 7.13. The van der Waals surface area contributed by atoms with Crippen LogP contribution in [-0.2, 0) is 16.0 Å². The van der Waals surface area contributed by atoms with Gasteiger partial charge in [0.15, 0.2) is 5.79 Å². The first-order valence-corrected chi connectivity index (χ1v) is 9.23. The Bertz CT molecular complexity index is 670. The number of thiazole rings is 1. The van der Waals surface area contributed by atoms with Crippen LogP contribution in [0.3, 0.4) is 0 Å². The molecule has 0 unspecified atom stereocenters. The maximum Gasteiger partial charge on any atom is 0.170 e. The first-order valence-electron chi connectivity index (χ1n) is 8.35. The number of benzene rings is 1. The van der Waals surface area contributed by atoms with Gasteiger partial charge in [0.25, 0.3) is 0 Å². The van der Waals surface area contributed by atoms with Crippen LogP contribution in [0.4, 0.5) is 0 Å². The van der Waals surface area contributed by atoms with E-state index in [-0.39, 0.29) is 5.79 Å². The summed E-state index contributed by atoms with van der Waals surface area (Å²) in [5, 5.41) is 3.22. The van der Waals surface area contributed by atoms with Crippen LogP contribution in [0.5, 0.6) is 5.75 Å². The molecule has 3 heterocycles. The zero-order valence-corrected chi connectivity index (χ0v) is 14.7. The van der Waals surface area contributed by atoms with Crippen molar-refractivity contribution in [1.82, 2.24) is 9.88 Å². The molecule has 2 aliphatic rings. The van der Waals surface area contributed by atoms with Gasteiger partial charge in [-0.1, -0.05) is 0 Å². The fourth-order valence-electron chi connectivity index (χ4n) is 3.31.